The molecule has 94 valence electrons. The number of anilines is 1. The Bertz CT molecular complexity index is 573. The monoisotopic (exact) mass is 283 g/mol. The lowest BCUT2D eigenvalue weighted by atomic mass is 10.3. The normalized spacial score (nSPS) is 10.6. The summed E-state index contributed by atoms with van der Waals surface area (Å²) in [6.45, 7) is 2.03. The first-order valence-corrected chi connectivity index (χ1v) is 6.17. The van der Waals surface area contributed by atoms with Crippen molar-refractivity contribution >= 4 is 29.2 Å². The highest BCUT2D eigenvalue weighted by Crippen LogP contribution is 2.25. The SMILES string of the molecule is CCCc1nc(N)nc(-c2ncc(Cl)cc2Cl)n1. The highest BCUT2D eigenvalue weighted by Gasteiger charge is 2.11. The van der Waals surface area contributed by atoms with Gasteiger partial charge >= 0.3 is 0 Å². The first-order valence-electron chi connectivity index (χ1n) is 5.42. The van der Waals surface area contributed by atoms with Crippen LogP contribution in [0.25, 0.3) is 11.5 Å². The van der Waals surface area contributed by atoms with Crippen LogP contribution in [0.1, 0.15) is 19.2 Å². The van der Waals surface area contributed by atoms with E-state index >= 15 is 0 Å². The summed E-state index contributed by atoms with van der Waals surface area (Å²) in [5.41, 5.74) is 6.10. The van der Waals surface area contributed by atoms with Crippen LogP contribution >= 0.6 is 23.2 Å². The van der Waals surface area contributed by atoms with Gasteiger partial charge in [-0.1, -0.05) is 30.1 Å². The van der Waals surface area contributed by atoms with Gasteiger partial charge in [0.15, 0.2) is 5.82 Å². The Morgan fingerprint density at radius 2 is 2.00 bits per heavy atom. The molecule has 7 heteroatoms. The van der Waals surface area contributed by atoms with E-state index in [0.29, 0.717) is 27.4 Å². The lowest BCUT2D eigenvalue weighted by Gasteiger charge is -2.05. The zero-order valence-corrected chi connectivity index (χ0v) is 11.2. The standard InChI is InChI=1S/C11H11Cl2N5/c1-2-3-8-16-10(18-11(14)17-8)9-7(13)4-6(12)5-15-9/h4-5H,2-3H2,1H3,(H2,14,16,17,18). The molecule has 0 aliphatic carbocycles. The molecule has 0 saturated heterocycles. The summed E-state index contributed by atoms with van der Waals surface area (Å²) in [7, 11) is 0. The van der Waals surface area contributed by atoms with E-state index in [0.717, 1.165) is 12.8 Å². The molecule has 5 nitrogen and oxygen atoms in total. The van der Waals surface area contributed by atoms with Crippen molar-refractivity contribution in [3.05, 3.63) is 28.1 Å². The summed E-state index contributed by atoms with van der Waals surface area (Å²) in [5.74, 6) is 1.16. The van der Waals surface area contributed by atoms with Crippen molar-refractivity contribution in [2.45, 2.75) is 19.8 Å². The number of nitrogens with two attached hydrogens (primary N) is 1. The third kappa shape index (κ3) is 2.86. The fourth-order valence-corrected chi connectivity index (χ4v) is 1.92. The minimum atomic E-state index is 0.163. The predicted molar refractivity (Wildman–Crippen MR) is 71.5 cm³/mol. The van der Waals surface area contributed by atoms with E-state index in [1.165, 1.54) is 6.20 Å². The third-order valence-corrected chi connectivity index (χ3v) is 2.69. The molecule has 0 aliphatic heterocycles. The average Bonchev–Trinajstić information content (AvgIpc) is 2.28. The van der Waals surface area contributed by atoms with Gasteiger partial charge in [-0.3, -0.25) is 0 Å². The van der Waals surface area contributed by atoms with E-state index in [2.05, 4.69) is 19.9 Å². The number of aryl methyl sites for hydroxylation is 1. The fraction of sp³-hybridized carbons (Fsp3) is 0.273. The van der Waals surface area contributed by atoms with Crippen LogP contribution in [0.4, 0.5) is 5.95 Å². The van der Waals surface area contributed by atoms with Crippen LogP contribution in [0, 0.1) is 0 Å². The van der Waals surface area contributed by atoms with E-state index < -0.39 is 0 Å². The number of hydrogen-bond acceptors (Lipinski definition) is 5. The molecular formula is C11H11Cl2N5. The Morgan fingerprint density at radius 1 is 1.22 bits per heavy atom. The van der Waals surface area contributed by atoms with Crippen LogP contribution in [0.2, 0.25) is 10.0 Å². The fourth-order valence-electron chi connectivity index (χ4n) is 1.46. The smallest absolute Gasteiger partial charge is 0.223 e. The zero-order valence-electron chi connectivity index (χ0n) is 9.69. The first kappa shape index (κ1) is 13.0. The van der Waals surface area contributed by atoms with Crippen molar-refractivity contribution in [1.82, 2.24) is 19.9 Å². The van der Waals surface area contributed by atoms with Crippen molar-refractivity contribution in [3.8, 4) is 11.5 Å². The molecule has 0 bridgehead atoms. The van der Waals surface area contributed by atoms with Crippen LogP contribution in [0.3, 0.4) is 0 Å². The molecule has 2 aromatic rings. The van der Waals surface area contributed by atoms with Crippen LogP contribution < -0.4 is 5.73 Å². The van der Waals surface area contributed by atoms with Crippen molar-refractivity contribution in [2.24, 2.45) is 0 Å². The molecule has 0 atom stereocenters. The molecule has 0 unspecified atom stereocenters. The Balaban J connectivity index is 2.49. The number of nitrogen functional groups attached to an aromatic ring is 1. The highest BCUT2D eigenvalue weighted by molar-refractivity contribution is 6.35. The molecule has 2 rings (SSSR count). The molecule has 2 N–H and O–H groups in total. The Labute approximate surface area is 114 Å². The minimum absolute atomic E-state index is 0.163. The molecule has 0 fully saturated rings. The second-order valence-electron chi connectivity index (χ2n) is 3.67. The Morgan fingerprint density at radius 3 is 2.67 bits per heavy atom. The van der Waals surface area contributed by atoms with Gasteiger partial charge in [-0.25, -0.2) is 9.97 Å². The van der Waals surface area contributed by atoms with Gasteiger partial charge in [0.2, 0.25) is 5.95 Å². The predicted octanol–water partition coefficient (Wildman–Crippen LogP) is 2.78. The molecule has 18 heavy (non-hydrogen) atoms. The van der Waals surface area contributed by atoms with Gasteiger partial charge in [-0.05, 0) is 12.5 Å². The lowest BCUT2D eigenvalue weighted by molar-refractivity contribution is 0.823. The summed E-state index contributed by atoms with van der Waals surface area (Å²) in [5, 5.41) is 0.843. The van der Waals surface area contributed by atoms with Gasteiger partial charge in [0, 0.05) is 12.6 Å². The number of aromatic nitrogens is 4. The molecule has 2 aromatic heterocycles. The van der Waals surface area contributed by atoms with Crippen LogP contribution in [-0.2, 0) is 6.42 Å². The maximum atomic E-state index is 6.06. The highest BCUT2D eigenvalue weighted by atomic mass is 35.5. The van der Waals surface area contributed by atoms with Gasteiger partial charge in [-0.15, -0.1) is 0 Å². The largest absolute Gasteiger partial charge is 0.368 e. The van der Waals surface area contributed by atoms with E-state index in [9.17, 15) is 0 Å². The topological polar surface area (TPSA) is 77.6 Å². The van der Waals surface area contributed by atoms with Gasteiger partial charge in [0.05, 0.1) is 10.0 Å². The number of hydrogen-bond donors (Lipinski definition) is 1. The Kier molecular flexibility index (Phi) is 3.93. The zero-order chi connectivity index (χ0) is 13.1. The maximum Gasteiger partial charge on any atom is 0.223 e. The summed E-state index contributed by atoms with van der Waals surface area (Å²) in [6, 6.07) is 1.59. The number of halogens is 2. The summed E-state index contributed by atoms with van der Waals surface area (Å²) in [6.07, 6.45) is 3.14. The summed E-state index contributed by atoms with van der Waals surface area (Å²) < 4.78 is 0. The molecule has 0 aliphatic rings. The van der Waals surface area contributed by atoms with Gasteiger partial charge < -0.3 is 5.73 Å². The van der Waals surface area contributed by atoms with Crippen molar-refractivity contribution in [1.29, 1.82) is 0 Å². The number of nitrogens with zero attached hydrogens (tertiary/aromatic N) is 4. The molecule has 0 saturated carbocycles. The quantitative estimate of drug-likeness (QED) is 0.937. The van der Waals surface area contributed by atoms with E-state index in [-0.39, 0.29) is 5.95 Å². The molecule has 0 amide bonds. The molecule has 2 heterocycles. The summed E-state index contributed by atoms with van der Waals surface area (Å²) in [4.78, 5) is 16.5. The average molecular weight is 284 g/mol. The van der Waals surface area contributed by atoms with Crippen molar-refractivity contribution in [2.75, 3.05) is 5.73 Å². The van der Waals surface area contributed by atoms with Crippen LogP contribution in [0.5, 0.6) is 0 Å². The number of rotatable bonds is 3. The van der Waals surface area contributed by atoms with Crippen LogP contribution in [0.15, 0.2) is 12.3 Å². The maximum absolute atomic E-state index is 6.06. The number of pyridine rings is 1. The van der Waals surface area contributed by atoms with Crippen LogP contribution in [-0.4, -0.2) is 19.9 Å². The molecule has 0 aromatic carbocycles. The Hall–Kier alpha value is -1.46. The second kappa shape index (κ2) is 5.46. The molecule has 0 radical (unpaired) electrons. The van der Waals surface area contributed by atoms with Gasteiger partial charge in [0.1, 0.15) is 11.5 Å². The van der Waals surface area contributed by atoms with E-state index in [1.807, 2.05) is 6.92 Å². The van der Waals surface area contributed by atoms with Crippen molar-refractivity contribution in [3.63, 3.8) is 0 Å². The molecule has 0 spiro atoms. The van der Waals surface area contributed by atoms with E-state index in [4.69, 9.17) is 28.9 Å². The van der Waals surface area contributed by atoms with E-state index in [1.54, 1.807) is 6.07 Å². The van der Waals surface area contributed by atoms with Crippen molar-refractivity contribution < 1.29 is 0 Å². The van der Waals surface area contributed by atoms with Gasteiger partial charge in [0.25, 0.3) is 0 Å². The van der Waals surface area contributed by atoms with Gasteiger partial charge in [-0.2, -0.15) is 9.97 Å². The second-order valence-corrected chi connectivity index (χ2v) is 4.51. The summed E-state index contributed by atoms with van der Waals surface area (Å²) >= 11 is 11.8. The lowest BCUT2D eigenvalue weighted by Crippen LogP contribution is -2.05. The minimum Gasteiger partial charge on any atom is -0.368 e. The molecular weight excluding hydrogens is 273 g/mol. The first-order chi connectivity index (χ1) is 8.60. The third-order valence-electron chi connectivity index (χ3n) is 2.19.